The second-order valence-electron chi connectivity index (χ2n) is 7.46. The molecule has 98 valence electrons. The van der Waals surface area contributed by atoms with Gasteiger partial charge in [0.15, 0.2) is 0 Å². The summed E-state index contributed by atoms with van der Waals surface area (Å²) in [5, 5.41) is 3.91. The lowest BCUT2D eigenvalue weighted by molar-refractivity contribution is 0.220. The molecule has 5 unspecified atom stereocenters. The summed E-state index contributed by atoms with van der Waals surface area (Å²) in [5.74, 6) is 5.11. The predicted octanol–water partition coefficient (Wildman–Crippen LogP) is 3.84. The number of hydrogen-bond acceptors (Lipinski definition) is 1. The van der Waals surface area contributed by atoms with E-state index in [9.17, 15) is 0 Å². The monoisotopic (exact) mass is 235 g/mol. The van der Waals surface area contributed by atoms with Crippen molar-refractivity contribution in [2.75, 3.05) is 6.54 Å². The maximum atomic E-state index is 3.91. The molecule has 0 aromatic heterocycles. The first-order valence-corrected chi connectivity index (χ1v) is 7.94. The SMILES string of the molecule is CC1CC(C)CC(NCC2CC3CCC2C3)C1. The van der Waals surface area contributed by atoms with Crippen LogP contribution < -0.4 is 5.32 Å². The lowest BCUT2D eigenvalue weighted by Gasteiger charge is -2.33. The lowest BCUT2D eigenvalue weighted by Crippen LogP contribution is -2.39. The van der Waals surface area contributed by atoms with E-state index in [2.05, 4.69) is 19.2 Å². The summed E-state index contributed by atoms with van der Waals surface area (Å²) in [6.45, 7) is 6.19. The molecule has 0 aromatic carbocycles. The highest BCUT2D eigenvalue weighted by molar-refractivity contribution is 4.91. The van der Waals surface area contributed by atoms with Crippen molar-refractivity contribution in [3.05, 3.63) is 0 Å². The third kappa shape index (κ3) is 2.70. The summed E-state index contributed by atoms with van der Waals surface area (Å²) >= 11 is 0. The van der Waals surface area contributed by atoms with Crippen LogP contribution in [0.4, 0.5) is 0 Å². The Morgan fingerprint density at radius 2 is 1.65 bits per heavy atom. The third-order valence-corrected chi connectivity index (χ3v) is 5.73. The van der Waals surface area contributed by atoms with E-state index in [1.165, 1.54) is 38.6 Å². The van der Waals surface area contributed by atoms with Gasteiger partial charge in [0.1, 0.15) is 0 Å². The average molecular weight is 235 g/mol. The number of rotatable bonds is 3. The Bertz CT molecular complexity index is 252. The van der Waals surface area contributed by atoms with E-state index in [0.717, 1.165) is 35.6 Å². The Morgan fingerprint density at radius 1 is 0.882 bits per heavy atom. The molecular formula is C16H29N. The van der Waals surface area contributed by atoms with Crippen molar-refractivity contribution < 1.29 is 0 Å². The summed E-state index contributed by atoms with van der Waals surface area (Å²) in [5.41, 5.74) is 0. The van der Waals surface area contributed by atoms with E-state index < -0.39 is 0 Å². The van der Waals surface area contributed by atoms with Crippen LogP contribution >= 0.6 is 0 Å². The third-order valence-electron chi connectivity index (χ3n) is 5.73. The largest absolute Gasteiger partial charge is 0.314 e. The molecule has 5 atom stereocenters. The highest BCUT2D eigenvalue weighted by atomic mass is 14.9. The van der Waals surface area contributed by atoms with Gasteiger partial charge in [-0.25, -0.2) is 0 Å². The molecule has 1 N–H and O–H groups in total. The molecule has 17 heavy (non-hydrogen) atoms. The first-order valence-electron chi connectivity index (χ1n) is 7.94. The zero-order chi connectivity index (χ0) is 11.8. The van der Waals surface area contributed by atoms with Crippen LogP contribution in [0.1, 0.15) is 58.8 Å². The highest BCUT2D eigenvalue weighted by Crippen LogP contribution is 2.48. The van der Waals surface area contributed by atoms with Crippen LogP contribution in [0.25, 0.3) is 0 Å². The molecule has 0 aromatic rings. The van der Waals surface area contributed by atoms with Gasteiger partial charge in [0, 0.05) is 6.04 Å². The first kappa shape index (κ1) is 12.0. The molecule has 3 aliphatic carbocycles. The van der Waals surface area contributed by atoms with Crippen molar-refractivity contribution in [2.45, 2.75) is 64.8 Å². The van der Waals surface area contributed by atoms with Crippen molar-refractivity contribution in [3.8, 4) is 0 Å². The number of nitrogens with one attached hydrogen (secondary N) is 1. The number of fused-ring (bicyclic) bond motifs is 2. The molecule has 3 rings (SSSR count). The molecule has 0 heterocycles. The average Bonchev–Trinajstić information content (AvgIpc) is 2.86. The Kier molecular flexibility index (Phi) is 3.47. The minimum absolute atomic E-state index is 0.827. The summed E-state index contributed by atoms with van der Waals surface area (Å²) in [4.78, 5) is 0. The van der Waals surface area contributed by atoms with E-state index in [1.807, 2.05) is 0 Å². The van der Waals surface area contributed by atoms with E-state index >= 15 is 0 Å². The second-order valence-corrected chi connectivity index (χ2v) is 7.46. The number of hydrogen-bond donors (Lipinski definition) is 1. The molecule has 3 saturated carbocycles. The smallest absolute Gasteiger partial charge is 0.00722 e. The predicted molar refractivity (Wildman–Crippen MR) is 72.9 cm³/mol. The van der Waals surface area contributed by atoms with Crippen molar-refractivity contribution in [2.24, 2.45) is 29.6 Å². The van der Waals surface area contributed by atoms with E-state index in [1.54, 1.807) is 12.8 Å². The van der Waals surface area contributed by atoms with Crippen LogP contribution in [0.5, 0.6) is 0 Å². The summed E-state index contributed by atoms with van der Waals surface area (Å²) in [7, 11) is 0. The summed E-state index contributed by atoms with van der Waals surface area (Å²) in [6, 6.07) is 0.827. The van der Waals surface area contributed by atoms with Gasteiger partial charge in [-0.05, 0) is 74.7 Å². The maximum Gasteiger partial charge on any atom is 0.00722 e. The van der Waals surface area contributed by atoms with Gasteiger partial charge in [-0.15, -0.1) is 0 Å². The van der Waals surface area contributed by atoms with Crippen LogP contribution in [0.2, 0.25) is 0 Å². The van der Waals surface area contributed by atoms with Crippen molar-refractivity contribution in [1.82, 2.24) is 5.32 Å². The molecule has 0 saturated heterocycles. The van der Waals surface area contributed by atoms with Gasteiger partial charge in [-0.1, -0.05) is 20.3 Å². The van der Waals surface area contributed by atoms with Crippen molar-refractivity contribution in [3.63, 3.8) is 0 Å². The fourth-order valence-electron chi connectivity index (χ4n) is 5.06. The second kappa shape index (κ2) is 4.91. The van der Waals surface area contributed by atoms with Gasteiger partial charge in [0.25, 0.3) is 0 Å². The molecule has 0 spiro atoms. The van der Waals surface area contributed by atoms with Gasteiger partial charge < -0.3 is 5.32 Å². The quantitative estimate of drug-likeness (QED) is 0.784. The van der Waals surface area contributed by atoms with Crippen molar-refractivity contribution in [1.29, 1.82) is 0 Å². The van der Waals surface area contributed by atoms with Gasteiger partial charge in [0.05, 0.1) is 0 Å². The molecule has 0 amide bonds. The Labute approximate surface area is 107 Å². The van der Waals surface area contributed by atoms with Gasteiger partial charge in [-0.3, -0.25) is 0 Å². The lowest BCUT2D eigenvalue weighted by atomic mass is 9.80. The summed E-state index contributed by atoms with van der Waals surface area (Å²) < 4.78 is 0. The molecule has 0 radical (unpaired) electrons. The zero-order valence-electron chi connectivity index (χ0n) is 11.6. The van der Waals surface area contributed by atoms with Crippen LogP contribution in [0, 0.1) is 29.6 Å². The van der Waals surface area contributed by atoms with Crippen LogP contribution in [0.3, 0.4) is 0 Å². The van der Waals surface area contributed by atoms with E-state index in [-0.39, 0.29) is 0 Å². The minimum atomic E-state index is 0.827. The van der Waals surface area contributed by atoms with Crippen LogP contribution in [-0.4, -0.2) is 12.6 Å². The van der Waals surface area contributed by atoms with Gasteiger partial charge >= 0.3 is 0 Å². The minimum Gasteiger partial charge on any atom is -0.314 e. The Balaban J connectivity index is 1.45. The molecule has 0 aliphatic heterocycles. The standard InChI is InChI=1S/C16H29N/c1-11-5-12(2)7-16(6-11)17-10-15-9-13-3-4-14(15)8-13/h11-17H,3-10H2,1-2H3. The zero-order valence-corrected chi connectivity index (χ0v) is 11.6. The highest BCUT2D eigenvalue weighted by Gasteiger charge is 2.39. The topological polar surface area (TPSA) is 12.0 Å². The fourth-order valence-corrected chi connectivity index (χ4v) is 5.06. The van der Waals surface area contributed by atoms with Crippen LogP contribution in [0.15, 0.2) is 0 Å². The van der Waals surface area contributed by atoms with Crippen LogP contribution in [-0.2, 0) is 0 Å². The van der Waals surface area contributed by atoms with E-state index in [4.69, 9.17) is 0 Å². The fraction of sp³-hybridized carbons (Fsp3) is 1.00. The van der Waals surface area contributed by atoms with Crippen molar-refractivity contribution >= 4 is 0 Å². The maximum absolute atomic E-state index is 3.91. The summed E-state index contributed by atoms with van der Waals surface area (Å²) in [6.07, 6.45) is 10.5. The Morgan fingerprint density at radius 3 is 2.24 bits per heavy atom. The Hall–Kier alpha value is -0.0400. The van der Waals surface area contributed by atoms with E-state index in [0.29, 0.717) is 0 Å². The molecule has 1 nitrogen and oxygen atoms in total. The normalized spacial score (nSPS) is 49.8. The molecule has 3 aliphatic rings. The molecular weight excluding hydrogens is 206 g/mol. The molecule has 1 heteroatoms. The van der Waals surface area contributed by atoms with Gasteiger partial charge in [0.2, 0.25) is 0 Å². The van der Waals surface area contributed by atoms with Gasteiger partial charge in [-0.2, -0.15) is 0 Å². The molecule has 2 bridgehead atoms. The first-order chi connectivity index (χ1) is 8.20. The molecule has 3 fully saturated rings.